The highest BCUT2D eigenvalue weighted by Gasteiger charge is 2.33. The first-order valence-electron chi connectivity index (χ1n) is 9.06. The van der Waals surface area contributed by atoms with Crippen LogP contribution in [-0.2, 0) is 6.18 Å². The van der Waals surface area contributed by atoms with Gasteiger partial charge in [0.25, 0.3) is 0 Å². The Balaban J connectivity index is 1.58. The first-order chi connectivity index (χ1) is 14.2. The third-order valence-corrected chi connectivity index (χ3v) is 4.49. The van der Waals surface area contributed by atoms with Gasteiger partial charge in [-0.15, -0.1) is 0 Å². The highest BCUT2D eigenvalue weighted by Crippen LogP contribution is 2.39. The van der Waals surface area contributed by atoms with Gasteiger partial charge in [0, 0.05) is 23.6 Å². The van der Waals surface area contributed by atoms with Crippen LogP contribution in [0.2, 0.25) is 0 Å². The topological polar surface area (TPSA) is 91.4 Å². The number of anilines is 3. The number of H-pyrrole nitrogens is 1. The van der Waals surface area contributed by atoms with Gasteiger partial charge in [-0.3, -0.25) is 5.10 Å². The molecule has 2 heterocycles. The van der Waals surface area contributed by atoms with Crippen molar-refractivity contribution in [3.8, 4) is 0 Å². The molecule has 3 N–H and O–H groups in total. The van der Waals surface area contributed by atoms with Gasteiger partial charge in [0.15, 0.2) is 5.82 Å². The molecule has 4 rings (SSSR count). The summed E-state index contributed by atoms with van der Waals surface area (Å²) in [6.07, 6.45) is -2.80. The normalized spacial score (nSPS) is 15.1. The van der Waals surface area contributed by atoms with Crippen molar-refractivity contribution in [1.29, 1.82) is 0 Å². The van der Waals surface area contributed by atoms with Crippen LogP contribution in [0.3, 0.4) is 0 Å². The van der Waals surface area contributed by atoms with Crippen molar-refractivity contribution in [3.63, 3.8) is 0 Å². The summed E-state index contributed by atoms with van der Waals surface area (Å²) in [4.78, 5) is 12.7. The maximum atomic E-state index is 14.0. The molecule has 12 heteroatoms. The smallest absolute Gasteiger partial charge is 0.347 e. The molecule has 1 aromatic carbocycles. The summed E-state index contributed by atoms with van der Waals surface area (Å²) < 4.78 is 65.4. The number of rotatable bonds is 6. The minimum atomic E-state index is -4.56. The molecule has 0 aliphatic heterocycles. The third kappa shape index (κ3) is 4.47. The van der Waals surface area contributed by atoms with Gasteiger partial charge in [-0.1, -0.05) is 6.07 Å². The first kappa shape index (κ1) is 20.0. The average molecular weight is 425 g/mol. The number of aromatic nitrogens is 5. The van der Waals surface area contributed by atoms with Gasteiger partial charge < -0.3 is 10.6 Å². The fourth-order valence-corrected chi connectivity index (χ4v) is 2.81. The van der Waals surface area contributed by atoms with E-state index < -0.39 is 29.5 Å². The average Bonchev–Trinajstić information content (AvgIpc) is 3.39. The Morgan fingerprint density at radius 1 is 1.07 bits per heavy atom. The van der Waals surface area contributed by atoms with E-state index in [1.165, 1.54) is 6.07 Å². The van der Waals surface area contributed by atoms with E-state index >= 15 is 0 Å². The van der Waals surface area contributed by atoms with Crippen LogP contribution in [0, 0.1) is 11.6 Å². The molecule has 2 aromatic heterocycles. The molecule has 1 aliphatic rings. The molecule has 1 saturated carbocycles. The molecule has 1 atom stereocenters. The van der Waals surface area contributed by atoms with Gasteiger partial charge in [-0.25, -0.2) is 8.78 Å². The van der Waals surface area contributed by atoms with Gasteiger partial charge in [-0.2, -0.15) is 33.2 Å². The van der Waals surface area contributed by atoms with E-state index in [1.807, 2.05) is 5.10 Å². The van der Waals surface area contributed by atoms with Gasteiger partial charge >= 0.3 is 6.18 Å². The van der Waals surface area contributed by atoms with Gasteiger partial charge in [0.1, 0.15) is 23.2 Å². The zero-order valence-corrected chi connectivity index (χ0v) is 15.6. The standard InChI is InChI=1S/C18H16F5N7/c1-8(11-5-4-10(19)6-12(11)20)24-16-26-15(9-2-3-9)27-17(28-16)25-14-7-13(29-30-14)18(21,22)23/h4-9H,2-3H2,1H3,(H3,24,25,26,27,28,29,30). The number of nitrogens with zero attached hydrogens (tertiary/aromatic N) is 4. The Hall–Kier alpha value is -3.31. The van der Waals surface area contributed by atoms with Crippen LogP contribution in [0.25, 0.3) is 0 Å². The van der Waals surface area contributed by atoms with E-state index in [4.69, 9.17) is 0 Å². The fraction of sp³-hybridized carbons (Fsp3) is 0.333. The van der Waals surface area contributed by atoms with E-state index in [9.17, 15) is 22.0 Å². The summed E-state index contributed by atoms with van der Waals surface area (Å²) in [5, 5.41) is 11.0. The van der Waals surface area contributed by atoms with E-state index in [0.29, 0.717) is 5.82 Å². The van der Waals surface area contributed by atoms with Crippen molar-refractivity contribution in [2.24, 2.45) is 0 Å². The van der Waals surface area contributed by atoms with Crippen LogP contribution >= 0.6 is 0 Å². The van der Waals surface area contributed by atoms with Crippen LogP contribution in [-0.4, -0.2) is 25.1 Å². The van der Waals surface area contributed by atoms with Crippen molar-refractivity contribution in [3.05, 3.63) is 53.0 Å². The van der Waals surface area contributed by atoms with Crippen LogP contribution in [0.4, 0.5) is 39.7 Å². The van der Waals surface area contributed by atoms with Gasteiger partial charge in [0.05, 0.1) is 6.04 Å². The van der Waals surface area contributed by atoms with Crippen molar-refractivity contribution in [2.75, 3.05) is 10.6 Å². The Morgan fingerprint density at radius 2 is 1.80 bits per heavy atom. The molecular formula is C18H16F5N7. The summed E-state index contributed by atoms with van der Waals surface area (Å²) in [6.45, 7) is 1.65. The molecule has 3 aromatic rings. The van der Waals surface area contributed by atoms with Crippen LogP contribution < -0.4 is 10.6 Å². The molecule has 0 radical (unpaired) electrons. The SMILES string of the molecule is CC(Nc1nc(Nc2cc(C(F)(F)F)[nH]n2)nc(C2CC2)n1)c1ccc(F)cc1F. The van der Waals surface area contributed by atoms with Crippen LogP contribution in [0.15, 0.2) is 24.3 Å². The number of hydrogen-bond acceptors (Lipinski definition) is 6. The molecule has 1 unspecified atom stereocenters. The number of aromatic amines is 1. The molecule has 0 bridgehead atoms. The molecule has 30 heavy (non-hydrogen) atoms. The summed E-state index contributed by atoms with van der Waals surface area (Å²) in [5.41, 5.74) is -0.804. The maximum absolute atomic E-state index is 14.0. The molecule has 0 saturated heterocycles. The largest absolute Gasteiger partial charge is 0.432 e. The highest BCUT2D eigenvalue weighted by molar-refractivity contribution is 5.50. The fourth-order valence-electron chi connectivity index (χ4n) is 2.81. The molecule has 0 amide bonds. The zero-order valence-electron chi connectivity index (χ0n) is 15.6. The molecule has 158 valence electrons. The number of hydrogen-bond donors (Lipinski definition) is 3. The lowest BCUT2D eigenvalue weighted by Crippen LogP contribution is -2.14. The number of benzene rings is 1. The van der Waals surface area contributed by atoms with Crippen molar-refractivity contribution < 1.29 is 22.0 Å². The summed E-state index contributed by atoms with van der Waals surface area (Å²) >= 11 is 0. The lowest BCUT2D eigenvalue weighted by molar-refractivity contribution is -0.141. The van der Waals surface area contributed by atoms with Gasteiger partial charge in [-0.05, 0) is 25.8 Å². The molecule has 1 fully saturated rings. The number of nitrogens with one attached hydrogen (secondary N) is 3. The molecule has 7 nitrogen and oxygen atoms in total. The Morgan fingerprint density at radius 3 is 2.43 bits per heavy atom. The maximum Gasteiger partial charge on any atom is 0.432 e. The predicted molar refractivity (Wildman–Crippen MR) is 97.1 cm³/mol. The van der Waals surface area contributed by atoms with E-state index in [1.54, 1.807) is 6.92 Å². The summed E-state index contributed by atoms with van der Waals surface area (Å²) in [7, 11) is 0. The van der Waals surface area contributed by atoms with Gasteiger partial charge in [0.2, 0.25) is 11.9 Å². The second kappa shape index (κ2) is 7.50. The molecule has 1 aliphatic carbocycles. The third-order valence-electron chi connectivity index (χ3n) is 4.49. The van der Waals surface area contributed by atoms with Crippen molar-refractivity contribution in [1.82, 2.24) is 25.1 Å². The van der Waals surface area contributed by atoms with Crippen molar-refractivity contribution in [2.45, 2.75) is 37.9 Å². The Kier molecular flexibility index (Phi) is 5.00. The highest BCUT2D eigenvalue weighted by atomic mass is 19.4. The molecule has 0 spiro atoms. The monoisotopic (exact) mass is 425 g/mol. The minimum Gasteiger partial charge on any atom is -0.347 e. The lowest BCUT2D eigenvalue weighted by Gasteiger charge is -2.16. The lowest BCUT2D eigenvalue weighted by atomic mass is 10.1. The minimum absolute atomic E-state index is 0.00130. The predicted octanol–water partition coefficient (Wildman–Crippen LogP) is 4.69. The summed E-state index contributed by atoms with van der Waals surface area (Å²) in [5.74, 6) is -0.827. The van der Waals surface area contributed by atoms with Crippen molar-refractivity contribution >= 4 is 17.7 Å². The zero-order chi connectivity index (χ0) is 21.5. The van der Waals surface area contributed by atoms with E-state index in [-0.39, 0.29) is 29.2 Å². The van der Waals surface area contributed by atoms with Crippen LogP contribution in [0.1, 0.15) is 48.8 Å². The van der Waals surface area contributed by atoms with E-state index in [2.05, 4.69) is 30.7 Å². The van der Waals surface area contributed by atoms with Crippen LogP contribution in [0.5, 0.6) is 0 Å². The summed E-state index contributed by atoms with van der Waals surface area (Å²) in [6, 6.07) is 3.42. The Labute approximate surface area is 167 Å². The van der Waals surface area contributed by atoms with E-state index in [0.717, 1.165) is 31.0 Å². The number of halogens is 5. The quantitative estimate of drug-likeness (QED) is 0.497. The molecular weight excluding hydrogens is 409 g/mol. The Bertz CT molecular complexity index is 1060. The second-order valence-corrected chi connectivity index (χ2v) is 6.94. The second-order valence-electron chi connectivity index (χ2n) is 6.94. The first-order valence-corrected chi connectivity index (χ1v) is 9.06. The number of alkyl halides is 3.